The quantitative estimate of drug-likeness (QED) is 0.460. The number of rotatable bonds is 11. The van der Waals surface area contributed by atoms with Crippen LogP contribution in [0.25, 0.3) is 0 Å². The Morgan fingerprint density at radius 2 is 1.87 bits per heavy atom. The number of hydrogen-bond acceptors (Lipinski definition) is 3. The normalized spacial score (nSPS) is 13.0. The molecule has 0 radical (unpaired) electrons. The van der Waals surface area contributed by atoms with E-state index in [0.29, 0.717) is 12.6 Å². The standard InChI is InChI=1S/C12H28N2O/c1-2-3-4-5-6-8-12(11-13)14-9-7-10-15/h12,14-15H,2-11,13H2,1H3. The molecule has 0 aliphatic heterocycles. The minimum Gasteiger partial charge on any atom is -0.396 e. The fraction of sp³-hybridized carbons (Fsp3) is 1.00. The number of aliphatic hydroxyl groups excluding tert-OH is 1. The topological polar surface area (TPSA) is 58.3 Å². The maximum atomic E-state index is 8.65. The number of aliphatic hydroxyl groups is 1. The summed E-state index contributed by atoms with van der Waals surface area (Å²) in [6, 6.07) is 0.443. The third-order valence-corrected chi connectivity index (χ3v) is 2.71. The summed E-state index contributed by atoms with van der Waals surface area (Å²) in [5, 5.41) is 12.0. The van der Waals surface area contributed by atoms with Gasteiger partial charge in [0.15, 0.2) is 0 Å². The van der Waals surface area contributed by atoms with Crippen LogP contribution in [-0.2, 0) is 0 Å². The highest BCUT2D eigenvalue weighted by Crippen LogP contribution is 2.06. The summed E-state index contributed by atoms with van der Waals surface area (Å²) in [7, 11) is 0. The Balaban J connectivity index is 3.28. The van der Waals surface area contributed by atoms with Gasteiger partial charge < -0.3 is 16.2 Å². The molecule has 0 spiro atoms. The third kappa shape index (κ3) is 10.2. The Hall–Kier alpha value is -0.120. The molecule has 0 saturated carbocycles. The van der Waals surface area contributed by atoms with E-state index in [1.807, 2.05) is 0 Å². The fourth-order valence-corrected chi connectivity index (χ4v) is 1.68. The summed E-state index contributed by atoms with van der Waals surface area (Å²) in [4.78, 5) is 0. The van der Waals surface area contributed by atoms with E-state index in [9.17, 15) is 0 Å². The van der Waals surface area contributed by atoms with Gasteiger partial charge in [0.1, 0.15) is 0 Å². The lowest BCUT2D eigenvalue weighted by Crippen LogP contribution is -2.36. The molecule has 0 aromatic heterocycles. The molecule has 0 bridgehead atoms. The molecule has 92 valence electrons. The van der Waals surface area contributed by atoms with Crippen LogP contribution < -0.4 is 11.1 Å². The van der Waals surface area contributed by atoms with Crippen LogP contribution in [0.5, 0.6) is 0 Å². The van der Waals surface area contributed by atoms with Crippen LogP contribution in [0.1, 0.15) is 51.9 Å². The van der Waals surface area contributed by atoms with E-state index >= 15 is 0 Å². The second-order valence-electron chi connectivity index (χ2n) is 4.17. The molecule has 1 atom stereocenters. The third-order valence-electron chi connectivity index (χ3n) is 2.71. The van der Waals surface area contributed by atoms with Crippen LogP contribution in [0.15, 0.2) is 0 Å². The smallest absolute Gasteiger partial charge is 0.0443 e. The van der Waals surface area contributed by atoms with Crippen LogP contribution in [-0.4, -0.2) is 30.8 Å². The van der Waals surface area contributed by atoms with E-state index in [1.54, 1.807) is 0 Å². The zero-order valence-corrected chi connectivity index (χ0v) is 10.2. The van der Waals surface area contributed by atoms with Crippen molar-refractivity contribution >= 4 is 0 Å². The van der Waals surface area contributed by atoms with Crippen molar-refractivity contribution in [2.45, 2.75) is 57.9 Å². The van der Waals surface area contributed by atoms with Gasteiger partial charge in [0.25, 0.3) is 0 Å². The van der Waals surface area contributed by atoms with E-state index in [1.165, 1.54) is 38.5 Å². The zero-order valence-electron chi connectivity index (χ0n) is 10.2. The molecule has 1 unspecified atom stereocenters. The van der Waals surface area contributed by atoms with Gasteiger partial charge in [-0.1, -0.05) is 39.0 Å². The molecule has 0 amide bonds. The SMILES string of the molecule is CCCCCCCC(CN)NCCCO. The molecule has 3 nitrogen and oxygen atoms in total. The highest BCUT2D eigenvalue weighted by atomic mass is 16.3. The lowest BCUT2D eigenvalue weighted by atomic mass is 10.1. The molecule has 3 heteroatoms. The van der Waals surface area contributed by atoms with Gasteiger partial charge in [0.2, 0.25) is 0 Å². The molecular weight excluding hydrogens is 188 g/mol. The highest BCUT2D eigenvalue weighted by Gasteiger charge is 2.04. The number of nitrogens with one attached hydrogen (secondary N) is 1. The average molecular weight is 216 g/mol. The molecule has 0 aromatic rings. The number of hydrogen-bond donors (Lipinski definition) is 3. The summed E-state index contributed by atoms with van der Waals surface area (Å²) in [6.07, 6.45) is 8.60. The second-order valence-corrected chi connectivity index (χ2v) is 4.17. The van der Waals surface area contributed by atoms with E-state index in [2.05, 4.69) is 12.2 Å². The van der Waals surface area contributed by atoms with Gasteiger partial charge in [-0.05, 0) is 19.4 Å². The minimum absolute atomic E-state index is 0.265. The average Bonchev–Trinajstić information content (AvgIpc) is 2.26. The molecule has 0 saturated heterocycles. The van der Waals surface area contributed by atoms with Crippen LogP contribution >= 0.6 is 0 Å². The number of unbranched alkanes of at least 4 members (excludes halogenated alkanes) is 4. The van der Waals surface area contributed by atoms with Crippen molar-refractivity contribution in [3.05, 3.63) is 0 Å². The Kier molecular flexibility index (Phi) is 11.9. The van der Waals surface area contributed by atoms with Crippen molar-refractivity contribution in [1.82, 2.24) is 5.32 Å². The van der Waals surface area contributed by atoms with E-state index < -0.39 is 0 Å². The molecule has 0 aromatic carbocycles. The maximum Gasteiger partial charge on any atom is 0.0443 e. The Bertz CT molecular complexity index is 120. The molecule has 0 rings (SSSR count). The monoisotopic (exact) mass is 216 g/mol. The lowest BCUT2D eigenvalue weighted by Gasteiger charge is -2.16. The summed E-state index contributed by atoms with van der Waals surface area (Å²) >= 11 is 0. The number of nitrogens with two attached hydrogens (primary N) is 1. The van der Waals surface area contributed by atoms with Crippen molar-refractivity contribution in [2.24, 2.45) is 5.73 Å². The van der Waals surface area contributed by atoms with Crippen molar-refractivity contribution < 1.29 is 5.11 Å². The highest BCUT2D eigenvalue weighted by molar-refractivity contribution is 4.67. The molecule has 0 fully saturated rings. The summed E-state index contributed by atoms with van der Waals surface area (Å²) in [6.45, 7) is 4.09. The first-order valence-electron chi connectivity index (χ1n) is 6.39. The summed E-state index contributed by atoms with van der Waals surface area (Å²) < 4.78 is 0. The van der Waals surface area contributed by atoms with Crippen molar-refractivity contribution in [1.29, 1.82) is 0 Å². The van der Waals surface area contributed by atoms with Crippen molar-refractivity contribution in [2.75, 3.05) is 19.7 Å². The van der Waals surface area contributed by atoms with Crippen molar-refractivity contribution in [3.63, 3.8) is 0 Å². The Morgan fingerprint density at radius 1 is 1.13 bits per heavy atom. The van der Waals surface area contributed by atoms with Gasteiger partial charge in [-0.25, -0.2) is 0 Å². The maximum absolute atomic E-state index is 8.65. The second kappa shape index (κ2) is 12.0. The first kappa shape index (κ1) is 14.9. The molecule has 0 aliphatic carbocycles. The molecule has 4 N–H and O–H groups in total. The van der Waals surface area contributed by atoms with Gasteiger partial charge in [0.05, 0.1) is 0 Å². The zero-order chi connectivity index (χ0) is 11.4. The van der Waals surface area contributed by atoms with Crippen LogP contribution in [0, 0.1) is 0 Å². The first-order chi connectivity index (χ1) is 7.35. The Labute approximate surface area is 94.4 Å². The molecule has 15 heavy (non-hydrogen) atoms. The van der Waals surface area contributed by atoms with Gasteiger partial charge in [-0.3, -0.25) is 0 Å². The fourth-order valence-electron chi connectivity index (χ4n) is 1.68. The predicted octanol–water partition coefficient (Wildman–Crippen LogP) is 1.65. The van der Waals surface area contributed by atoms with E-state index in [-0.39, 0.29) is 6.61 Å². The van der Waals surface area contributed by atoms with Crippen LogP contribution in [0.3, 0.4) is 0 Å². The van der Waals surface area contributed by atoms with Gasteiger partial charge in [-0.15, -0.1) is 0 Å². The minimum atomic E-state index is 0.265. The first-order valence-corrected chi connectivity index (χ1v) is 6.39. The van der Waals surface area contributed by atoms with Crippen LogP contribution in [0.4, 0.5) is 0 Å². The van der Waals surface area contributed by atoms with Crippen LogP contribution in [0.2, 0.25) is 0 Å². The lowest BCUT2D eigenvalue weighted by molar-refractivity contribution is 0.282. The van der Waals surface area contributed by atoms with Gasteiger partial charge in [0, 0.05) is 19.2 Å². The molecule has 0 heterocycles. The Morgan fingerprint density at radius 3 is 2.47 bits per heavy atom. The summed E-state index contributed by atoms with van der Waals surface area (Å²) in [5.41, 5.74) is 5.67. The molecule has 0 aliphatic rings. The largest absolute Gasteiger partial charge is 0.396 e. The molecular formula is C12H28N2O. The summed E-state index contributed by atoms with van der Waals surface area (Å²) in [5.74, 6) is 0. The van der Waals surface area contributed by atoms with E-state index in [4.69, 9.17) is 10.8 Å². The van der Waals surface area contributed by atoms with E-state index in [0.717, 1.165) is 13.0 Å². The van der Waals surface area contributed by atoms with Gasteiger partial charge >= 0.3 is 0 Å². The predicted molar refractivity (Wildman–Crippen MR) is 65.9 cm³/mol. The van der Waals surface area contributed by atoms with Crippen molar-refractivity contribution in [3.8, 4) is 0 Å². The van der Waals surface area contributed by atoms with Gasteiger partial charge in [-0.2, -0.15) is 0 Å².